The van der Waals surface area contributed by atoms with Crippen LogP contribution in [0.5, 0.6) is 0 Å². The van der Waals surface area contributed by atoms with Crippen LogP contribution < -0.4 is 10.2 Å². The van der Waals surface area contributed by atoms with Crippen molar-refractivity contribution in [1.29, 1.82) is 0 Å². The number of para-hydroxylation sites is 1. The summed E-state index contributed by atoms with van der Waals surface area (Å²) in [7, 11) is 0. The van der Waals surface area contributed by atoms with E-state index in [0.29, 0.717) is 17.8 Å². The standard InChI is InChI=1S/C15H15N5O2/c21-20(22)13-9-16-15(18-14(13)17-11-5-6-11)19-8-7-10-3-1-2-4-12(10)19/h1-4,9,11H,5-8H2,(H,16,17,18). The molecule has 7 heteroatoms. The smallest absolute Gasteiger partial charge is 0.329 e. The van der Waals surface area contributed by atoms with Gasteiger partial charge in [0.2, 0.25) is 11.8 Å². The maximum atomic E-state index is 11.1. The lowest BCUT2D eigenvalue weighted by atomic mass is 10.2. The molecule has 1 aromatic heterocycles. The van der Waals surface area contributed by atoms with Crippen molar-refractivity contribution in [2.75, 3.05) is 16.8 Å². The van der Waals surface area contributed by atoms with Crippen molar-refractivity contribution in [3.05, 3.63) is 46.1 Å². The van der Waals surface area contributed by atoms with E-state index in [9.17, 15) is 10.1 Å². The third kappa shape index (κ3) is 2.24. The van der Waals surface area contributed by atoms with Gasteiger partial charge in [-0.15, -0.1) is 0 Å². The third-order valence-corrected chi connectivity index (χ3v) is 4.00. The number of anilines is 3. The van der Waals surface area contributed by atoms with Gasteiger partial charge in [0.1, 0.15) is 6.20 Å². The maximum absolute atomic E-state index is 11.1. The van der Waals surface area contributed by atoms with Crippen LogP contribution in [-0.2, 0) is 6.42 Å². The van der Waals surface area contributed by atoms with Gasteiger partial charge >= 0.3 is 5.69 Å². The van der Waals surface area contributed by atoms with E-state index in [1.54, 1.807) is 0 Å². The highest BCUT2D eigenvalue weighted by atomic mass is 16.6. The van der Waals surface area contributed by atoms with E-state index in [1.165, 1.54) is 11.8 Å². The zero-order chi connectivity index (χ0) is 15.1. The molecule has 0 unspecified atom stereocenters. The molecule has 0 amide bonds. The van der Waals surface area contributed by atoms with E-state index < -0.39 is 4.92 Å². The number of hydrogen-bond acceptors (Lipinski definition) is 6. The van der Waals surface area contributed by atoms with Crippen molar-refractivity contribution in [2.45, 2.75) is 25.3 Å². The summed E-state index contributed by atoms with van der Waals surface area (Å²) in [5, 5.41) is 14.3. The summed E-state index contributed by atoms with van der Waals surface area (Å²) < 4.78 is 0. The SMILES string of the molecule is O=[N+]([O-])c1cnc(N2CCc3ccccc32)nc1NC1CC1. The molecule has 1 saturated carbocycles. The van der Waals surface area contributed by atoms with E-state index >= 15 is 0 Å². The average molecular weight is 297 g/mol. The molecule has 22 heavy (non-hydrogen) atoms. The lowest BCUT2D eigenvalue weighted by molar-refractivity contribution is -0.384. The first-order valence-electron chi connectivity index (χ1n) is 7.36. The average Bonchev–Trinajstić information content (AvgIpc) is 3.23. The molecule has 0 radical (unpaired) electrons. The molecule has 2 heterocycles. The molecule has 0 atom stereocenters. The molecule has 112 valence electrons. The largest absolute Gasteiger partial charge is 0.361 e. The Morgan fingerprint density at radius 1 is 1.32 bits per heavy atom. The fourth-order valence-electron chi connectivity index (χ4n) is 2.70. The molecule has 1 N–H and O–H groups in total. The lowest BCUT2D eigenvalue weighted by Gasteiger charge is -2.17. The van der Waals surface area contributed by atoms with Gasteiger partial charge in [0.15, 0.2) is 0 Å². The van der Waals surface area contributed by atoms with Gasteiger partial charge in [-0.25, -0.2) is 4.98 Å². The topological polar surface area (TPSA) is 84.2 Å². The monoisotopic (exact) mass is 297 g/mol. The Bertz CT molecular complexity index is 744. The van der Waals surface area contributed by atoms with Crippen LogP contribution in [-0.4, -0.2) is 27.5 Å². The van der Waals surface area contributed by atoms with Gasteiger partial charge in [-0.1, -0.05) is 18.2 Å². The van der Waals surface area contributed by atoms with E-state index in [-0.39, 0.29) is 5.69 Å². The highest BCUT2D eigenvalue weighted by Gasteiger charge is 2.28. The number of rotatable bonds is 4. The van der Waals surface area contributed by atoms with Crippen LogP contribution in [0.15, 0.2) is 30.5 Å². The molecule has 0 bridgehead atoms. The molecular formula is C15H15N5O2. The molecule has 2 aromatic rings. The van der Waals surface area contributed by atoms with Crippen molar-refractivity contribution in [2.24, 2.45) is 0 Å². The van der Waals surface area contributed by atoms with E-state index in [4.69, 9.17) is 0 Å². The van der Waals surface area contributed by atoms with Gasteiger partial charge < -0.3 is 10.2 Å². The predicted octanol–water partition coefficient (Wildman–Crippen LogP) is 2.65. The number of nitro groups is 1. The number of nitrogens with zero attached hydrogens (tertiary/aromatic N) is 4. The molecule has 7 nitrogen and oxygen atoms in total. The first-order valence-corrected chi connectivity index (χ1v) is 7.36. The summed E-state index contributed by atoms with van der Waals surface area (Å²) in [5.74, 6) is 0.834. The number of nitrogens with one attached hydrogen (secondary N) is 1. The van der Waals surface area contributed by atoms with Gasteiger partial charge in [0.05, 0.1) is 4.92 Å². The third-order valence-electron chi connectivity index (χ3n) is 4.00. The lowest BCUT2D eigenvalue weighted by Crippen LogP contribution is -2.18. The van der Waals surface area contributed by atoms with Crippen molar-refractivity contribution < 1.29 is 4.92 Å². The van der Waals surface area contributed by atoms with Crippen LogP contribution in [0.3, 0.4) is 0 Å². The first kappa shape index (κ1) is 13.0. The van der Waals surface area contributed by atoms with Crippen molar-refractivity contribution in [3.63, 3.8) is 0 Å². The molecular weight excluding hydrogens is 282 g/mol. The molecule has 2 aliphatic rings. The molecule has 4 rings (SSSR count). The molecule has 1 aromatic carbocycles. The second-order valence-corrected chi connectivity index (χ2v) is 5.61. The van der Waals surface area contributed by atoms with Crippen LogP contribution in [0.1, 0.15) is 18.4 Å². The number of fused-ring (bicyclic) bond motifs is 1. The van der Waals surface area contributed by atoms with Crippen molar-refractivity contribution in [1.82, 2.24) is 9.97 Å². The summed E-state index contributed by atoms with van der Waals surface area (Å²) in [6.07, 6.45) is 4.29. The van der Waals surface area contributed by atoms with Crippen molar-refractivity contribution >= 4 is 23.1 Å². The normalized spacial score (nSPS) is 16.5. The van der Waals surface area contributed by atoms with Crippen LogP contribution in [0.2, 0.25) is 0 Å². The summed E-state index contributed by atoms with van der Waals surface area (Å²) in [4.78, 5) is 21.3. The summed E-state index contributed by atoms with van der Waals surface area (Å²) in [6.45, 7) is 0.792. The number of benzene rings is 1. The maximum Gasteiger partial charge on any atom is 0.329 e. The Morgan fingerprint density at radius 2 is 2.14 bits per heavy atom. The quantitative estimate of drug-likeness (QED) is 0.690. The number of hydrogen-bond donors (Lipinski definition) is 1. The zero-order valence-corrected chi connectivity index (χ0v) is 11.9. The van der Waals surface area contributed by atoms with Crippen LogP contribution in [0.25, 0.3) is 0 Å². The predicted molar refractivity (Wildman–Crippen MR) is 82.5 cm³/mol. The Balaban J connectivity index is 1.72. The molecule has 0 spiro atoms. The minimum atomic E-state index is -0.438. The fraction of sp³-hybridized carbons (Fsp3) is 0.333. The second-order valence-electron chi connectivity index (χ2n) is 5.61. The van der Waals surface area contributed by atoms with Crippen LogP contribution >= 0.6 is 0 Å². The Hall–Kier alpha value is -2.70. The van der Waals surface area contributed by atoms with E-state index in [0.717, 1.165) is 31.5 Å². The van der Waals surface area contributed by atoms with Gasteiger partial charge in [0, 0.05) is 18.3 Å². The Morgan fingerprint density at radius 3 is 2.91 bits per heavy atom. The zero-order valence-electron chi connectivity index (χ0n) is 11.9. The fourth-order valence-corrected chi connectivity index (χ4v) is 2.70. The molecule has 1 aliphatic carbocycles. The summed E-state index contributed by atoms with van der Waals surface area (Å²) in [6, 6.07) is 8.41. The first-order chi connectivity index (χ1) is 10.7. The highest BCUT2D eigenvalue weighted by molar-refractivity contribution is 5.68. The van der Waals surface area contributed by atoms with Gasteiger partial charge in [-0.05, 0) is 30.9 Å². The Kier molecular flexibility index (Phi) is 2.92. The number of aromatic nitrogens is 2. The summed E-state index contributed by atoms with van der Waals surface area (Å²) >= 11 is 0. The van der Waals surface area contributed by atoms with E-state index in [2.05, 4.69) is 21.4 Å². The minimum absolute atomic E-state index is 0.0665. The minimum Gasteiger partial charge on any atom is -0.361 e. The van der Waals surface area contributed by atoms with Gasteiger partial charge in [0.25, 0.3) is 0 Å². The van der Waals surface area contributed by atoms with Gasteiger partial charge in [-0.3, -0.25) is 10.1 Å². The second kappa shape index (κ2) is 4.94. The summed E-state index contributed by atoms with van der Waals surface area (Å²) in [5.41, 5.74) is 2.26. The molecule has 1 fully saturated rings. The van der Waals surface area contributed by atoms with Crippen LogP contribution in [0.4, 0.5) is 23.1 Å². The van der Waals surface area contributed by atoms with Gasteiger partial charge in [-0.2, -0.15) is 4.98 Å². The van der Waals surface area contributed by atoms with Crippen LogP contribution in [0, 0.1) is 10.1 Å². The molecule has 1 aliphatic heterocycles. The molecule has 0 saturated heterocycles. The van der Waals surface area contributed by atoms with Crippen molar-refractivity contribution in [3.8, 4) is 0 Å². The van der Waals surface area contributed by atoms with E-state index in [1.807, 2.05) is 23.1 Å². The highest BCUT2D eigenvalue weighted by Crippen LogP contribution is 2.35. The Labute approximate surface area is 127 Å².